The SMILES string of the molecule is CC(C)c1ccc(OCC(=O)NC(=S)Nc2cc(C(F)(F)F)ccc2N2CCCC2)cc1. The summed E-state index contributed by atoms with van der Waals surface area (Å²) in [5.74, 6) is 0.417. The molecule has 1 heterocycles. The van der Waals surface area contributed by atoms with Crippen molar-refractivity contribution in [1.29, 1.82) is 0 Å². The molecule has 172 valence electrons. The first-order chi connectivity index (χ1) is 15.1. The van der Waals surface area contributed by atoms with Crippen LogP contribution >= 0.6 is 12.2 Å². The van der Waals surface area contributed by atoms with Gasteiger partial charge < -0.3 is 15.0 Å². The Morgan fingerprint density at radius 3 is 2.38 bits per heavy atom. The van der Waals surface area contributed by atoms with Gasteiger partial charge in [-0.15, -0.1) is 0 Å². The van der Waals surface area contributed by atoms with Crippen LogP contribution in [0.3, 0.4) is 0 Å². The lowest BCUT2D eigenvalue weighted by Gasteiger charge is -2.23. The first-order valence-electron chi connectivity index (χ1n) is 10.4. The largest absolute Gasteiger partial charge is 0.484 e. The van der Waals surface area contributed by atoms with Crippen molar-refractivity contribution in [2.45, 2.75) is 38.8 Å². The molecule has 0 aromatic heterocycles. The number of anilines is 2. The molecule has 0 atom stereocenters. The molecule has 1 saturated heterocycles. The molecule has 2 N–H and O–H groups in total. The summed E-state index contributed by atoms with van der Waals surface area (Å²) in [6, 6.07) is 10.9. The highest BCUT2D eigenvalue weighted by molar-refractivity contribution is 7.80. The Morgan fingerprint density at radius 1 is 1.12 bits per heavy atom. The predicted octanol–water partition coefficient (Wildman–Crippen LogP) is 5.32. The second kappa shape index (κ2) is 10.2. The van der Waals surface area contributed by atoms with Gasteiger partial charge in [-0.2, -0.15) is 13.2 Å². The number of ether oxygens (including phenoxy) is 1. The molecule has 5 nitrogen and oxygen atoms in total. The molecule has 3 rings (SSSR count). The molecule has 1 aliphatic heterocycles. The summed E-state index contributed by atoms with van der Waals surface area (Å²) in [6.45, 7) is 5.39. The van der Waals surface area contributed by atoms with Crippen LogP contribution in [0.2, 0.25) is 0 Å². The van der Waals surface area contributed by atoms with Crippen molar-refractivity contribution in [2.75, 3.05) is 29.9 Å². The Morgan fingerprint density at radius 2 is 1.78 bits per heavy atom. The van der Waals surface area contributed by atoms with Crippen LogP contribution in [0.4, 0.5) is 24.5 Å². The summed E-state index contributed by atoms with van der Waals surface area (Å²) in [6.07, 6.45) is -2.54. The third kappa shape index (κ3) is 6.35. The zero-order valence-corrected chi connectivity index (χ0v) is 18.8. The Bertz CT molecular complexity index is 956. The number of amides is 1. The third-order valence-corrected chi connectivity index (χ3v) is 5.39. The van der Waals surface area contributed by atoms with Gasteiger partial charge in [0.15, 0.2) is 11.7 Å². The van der Waals surface area contributed by atoms with Gasteiger partial charge in [0, 0.05) is 13.1 Å². The number of carbonyl (C=O) groups excluding carboxylic acids is 1. The summed E-state index contributed by atoms with van der Waals surface area (Å²) >= 11 is 5.16. The van der Waals surface area contributed by atoms with Gasteiger partial charge in [0.1, 0.15) is 5.75 Å². The van der Waals surface area contributed by atoms with E-state index in [1.165, 1.54) is 6.07 Å². The van der Waals surface area contributed by atoms with E-state index in [-0.39, 0.29) is 17.4 Å². The van der Waals surface area contributed by atoms with E-state index in [1.54, 1.807) is 12.1 Å². The lowest BCUT2D eigenvalue weighted by Crippen LogP contribution is -2.37. The van der Waals surface area contributed by atoms with Gasteiger partial charge in [0.25, 0.3) is 5.91 Å². The van der Waals surface area contributed by atoms with Crippen LogP contribution in [0.5, 0.6) is 5.75 Å². The maximum atomic E-state index is 13.2. The number of hydrogen-bond donors (Lipinski definition) is 2. The Kier molecular flexibility index (Phi) is 7.60. The zero-order valence-electron chi connectivity index (χ0n) is 18.0. The molecule has 0 radical (unpaired) electrons. The molecule has 1 fully saturated rings. The smallest absolute Gasteiger partial charge is 0.416 e. The Hall–Kier alpha value is -2.81. The average molecular weight is 466 g/mol. The highest BCUT2D eigenvalue weighted by Gasteiger charge is 2.32. The highest BCUT2D eigenvalue weighted by Crippen LogP contribution is 2.36. The topological polar surface area (TPSA) is 53.6 Å². The second-order valence-electron chi connectivity index (χ2n) is 7.94. The molecule has 2 aromatic carbocycles. The lowest BCUT2D eigenvalue weighted by atomic mass is 10.0. The second-order valence-corrected chi connectivity index (χ2v) is 8.35. The molecule has 0 aliphatic carbocycles. The van der Waals surface area contributed by atoms with Crippen molar-refractivity contribution in [2.24, 2.45) is 0 Å². The first-order valence-corrected chi connectivity index (χ1v) is 10.8. The fraction of sp³-hybridized carbons (Fsp3) is 0.391. The normalized spacial score (nSPS) is 13.9. The van der Waals surface area contributed by atoms with Crippen molar-refractivity contribution in [3.63, 3.8) is 0 Å². The Labute approximate surface area is 190 Å². The number of nitrogens with one attached hydrogen (secondary N) is 2. The van der Waals surface area contributed by atoms with Gasteiger partial charge in [0.05, 0.1) is 16.9 Å². The van der Waals surface area contributed by atoms with Crippen LogP contribution < -0.4 is 20.3 Å². The minimum absolute atomic E-state index is 0.0893. The maximum Gasteiger partial charge on any atom is 0.416 e. The van der Waals surface area contributed by atoms with Crippen LogP contribution in [0.15, 0.2) is 42.5 Å². The number of alkyl halides is 3. The van der Waals surface area contributed by atoms with Crippen molar-refractivity contribution in [3.05, 3.63) is 53.6 Å². The quantitative estimate of drug-likeness (QED) is 0.566. The fourth-order valence-corrected chi connectivity index (χ4v) is 3.68. The third-order valence-electron chi connectivity index (χ3n) is 5.19. The monoisotopic (exact) mass is 465 g/mol. The number of thiocarbonyl (C=S) groups is 1. The van der Waals surface area contributed by atoms with Gasteiger partial charge >= 0.3 is 6.18 Å². The predicted molar refractivity (Wildman–Crippen MR) is 123 cm³/mol. The van der Waals surface area contributed by atoms with E-state index in [0.717, 1.165) is 43.6 Å². The maximum absolute atomic E-state index is 13.2. The average Bonchev–Trinajstić information content (AvgIpc) is 3.26. The standard InChI is InChI=1S/C23H26F3N3O2S/c1-15(2)16-5-8-18(9-6-16)31-14-21(30)28-22(32)27-19-13-17(23(24,25)26)7-10-20(19)29-11-3-4-12-29/h5-10,13,15H,3-4,11-12,14H2,1-2H3,(H2,27,28,30,32). The molecule has 0 unspecified atom stereocenters. The van der Waals surface area contributed by atoms with E-state index >= 15 is 0 Å². The molecule has 0 spiro atoms. The van der Waals surface area contributed by atoms with Crippen LogP contribution in [-0.2, 0) is 11.0 Å². The zero-order chi connectivity index (χ0) is 23.3. The minimum Gasteiger partial charge on any atom is -0.484 e. The number of rotatable bonds is 6. The van der Waals surface area contributed by atoms with E-state index in [4.69, 9.17) is 17.0 Å². The molecule has 1 amide bonds. The molecule has 1 aliphatic rings. The molecule has 9 heteroatoms. The molecular weight excluding hydrogens is 439 g/mol. The summed E-state index contributed by atoms with van der Waals surface area (Å²) in [5, 5.41) is 5.12. The molecule has 0 saturated carbocycles. The summed E-state index contributed by atoms with van der Waals surface area (Å²) in [7, 11) is 0. The van der Waals surface area contributed by atoms with E-state index in [9.17, 15) is 18.0 Å². The van der Waals surface area contributed by atoms with Gasteiger partial charge in [0.2, 0.25) is 0 Å². The van der Waals surface area contributed by atoms with Gasteiger partial charge in [-0.05, 0) is 66.9 Å². The van der Waals surface area contributed by atoms with Crippen LogP contribution in [0.25, 0.3) is 0 Å². The number of nitrogens with zero attached hydrogens (tertiary/aromatic N) is 1. The van der Waals surface area contributed by atoms with E-state index < -0.39 is 17.6 Å². The number of carbonyl (C=O) groups is 1. The molecular formula is C23H26F3N3O2S. The number of hydrogen-bond acceptors (Lipinski definition) is 4. The molecule has 32 heavy (non-hydrogen) atoms. The van der Waals surface area contributed by atoms with Gasteiger partial charge in [-0.3, -0.25) is 10.1 Å². The lowest BCUT2D eigenvalue weighted by molar-refractivity contribution is -0.137. The van der Waals surface area contributed by atoms with Crippen molar-refractivity contribution in [1.82, 2.24) is 5.32 Å². The fourth-order valence-electron chi connectivity index (χ4n) is 3.46. The van der Waals surface area contributed by atoms with E-state index in [2.05, 4.69) is 24.5 Å². The summed E-state index contributed by atoms with van der Waals surface area (Å²) < 4.78 is 45.0. The highest BCUT2D eigenvalue weighted by atomic mass is 32.1. The van der Waals surface area contributed by atoms with Crippen molar-refractivity contribution >= 4 is 34.6 Å². The Balaban J connectivity index is 1.62. The van der Waals surface area contributed by atoms with Gasteiger partial charge in [-0.25, -0.2) is 0 Å². The van der Waals surface area contributed by atoms with Crippen LogP contribution in [0.1, 0.15) is 43.7 Å². The minimum atomic E-state index is -4.48. The van der Waals surface area contributed by atoms with E-state index in [0.29, 0.717) is 17.4 Å². The van der Waals surface area contributed by atoms with E-state index in [1.807, 2.05) is 17.0 Å². The van der Waals surface area contributed by atoms with Crippen molar-refractivity contribution < 1.29 is 22.7 Å². The number of halogens is 3. The molecule has 2 aromatic rings. The summed E-state index contributed by atoms with van der Waals surface area (Å²) in [5.41, 5.74) is 1.19. The number of benzene rings is 2. The summed E-state index contributed by atoms with van der Waals surface area (Å²) in [4.78, 5) is 14.2. The van der Waals surface area contributed by atoms with Crippen LogP contribution in [-0.4, -0.2) is 30.7 Å². The molecule has 0 bridgehead atoms. The first kappa shape index (κ1) is 23.8. The van der Waals surface area contributed by atoms with Crippen LogP contribution in [0, 0.1) is 0 Å². The van der Waals surface area contributed by atoms with Crippen molar-refractivity contribution in [3.8, 4) is 5.75 Å². The van der Waals surface area contributed by atoms with Gasteiger partial charge in [-0.1, -0.05) is 26.0 Å².